The number of anilines is 1. The zero-order valence-electron chi connectivity index (χ0n) is 8.57. The van der Waals surface area contributed by atoms with Crippen molar-refractivity contribution in [3.05, 3.63) is 23.8 Å². The Morgan fingerprint density at radius 1 is 1.50 bits per heavy atom. The number of alkyl halides is 2. The Morgan fingerprint density at radius 3 is 2.69 bits per heavy atom. The van der Waals surface area contributed by atoms with Crippen LogP contribution in [-0.4, -0.2) is 19.2 Å². The van der Waals surface area contributed by atoms with Crippen molar-refractivity contribution in [1.29, 1.82) is 0 Å². The summed E-state index contributed by atoms with van der Waals surface area (Å²) in [7, 11) is 0. The topological polar surface area (TPSA) is 61.5 Å². The molecule has 1 aromatic carbocycles. The molecule has 16 heavy (non-hydrogen) atoms. The molecule has 6 heteroatoms. The lowest BCUT2D eigenvalue weighted by Gasteiger charge is -2.08. The predicted molar refractivity (Wildman–Crippen MR) is 53.4 cm³/mol. The molecule has 88 valence electrons. The summed E-state index contributed by atoms with van der Waals surface area (Å²) in [6.45, 7) is -1.06. The Morgan fingerprint density at radius 2 is 2.19 bits per heavy atom. The molecule has 0 unspecified atom stereocenters. The lowest BCUT2D eigenvalue weighted by atomic mass is 10.2. The number of nitrogen functional groups attached to an aromatic ring is 1. The Labute approximate surface area is 91.0 Å². The molecule has 0 aliphatic heterocycles. The molecule has 2 N–H and O–H groups in total. The van der Waals surface area contributed by atoms with Gasteiger partial charge in [0.05, 0.1) is 17.9 Å². The predicted octanol–water partition coefficient (Wildman–Crippen LogP) is 2.05. The molecular formula is C10H11F2NO3. The fraction of sp³-hybridized carbons (Fsp3) is 0.300. The van der Waals surface area contributed by atoms with E-state index in [4.69, 9.17) is 10.5 Å². The fourth-order valence-electron chi connectivity index (χ4n) is 1.09. The van der Waals surface area contributed by atoms with E-state index in [1.165, 1.54) is 18.2 Å². The second kappa shape index (κ2) is 5.29. The third-order valence-electron chi connectivity index (χ3n) is 1.74. The van der Waals surface area contributed by atoms with Crippen LogP contribution in [0.1, 0.15) is 17.3 Å². The van der Waals surface area contributed by atoms with Gasteiger partial charge in [-0.2, -0.15) is 8.78 Å². The van der Waals surface area contributed by atoms with E-state index in [1.807, 2.05) is 0 Å². The van der Waals surface area contributed by atoms with E-state index in [2.05, 4.69) is 4.74 Å². The van der Waals surface area contributed by atoms with Gasteiger partial charge in [0.25, 0.3) is 0 Å². The third-order valence-corrected chi connectivity index (χ3v) is 1.74. The summed E-state index contributed by atoms with van der Waals surface area (Å²) in [6.07, 6.45) is 0. The van der Waals surface area contributed by atoms with Gasteiger partial charge in [0.1, 0.15) is 5.75 Å². The largest absolute Gasteiger partial charge is 0.462 e. The number of ether oxygens (including phenoxy) is 2. The van der Waals surface area contributed by atoms with E-state index in [0.717, 1.165) is 0 Å². The molecule has 0 aliphatic rings. The molecule has 0 fully saturated rings. The second-order valence-electron chi connectivity index (χ2n) is 2.85. The highest BCUT2D eigenvalue weighted by atomic mass is 19.3. The molecule has 0 aliphatic carbocycles. The summed E-state index contributed by atoms with van der Waals surface area (Å²) in [4.78, 5) is 11.3. The first-order chi connectivity index (χ1) is 7.54. The average Bonchev–Trinajstić information content (AvgIpc) is 2.20. The number of nitrogens with two attached hydrogens (primary N) is 1. The average molecular weight is 231 g/mol. The van der Waals surface area contributed by atoms with E-state index in [9.17, 15) is 13.6 Å². The van der Waals surface area contributed by atoms with E-state index < -0.39 is 12.6 Å². The molecule has 0 heterocycles. The molecule has 4 nitrogen and oxygen atoms in total. The normalized spacial score (nSPS) is 10.2. The van der Waals surface area contributed by atoms with Crippen LogP contribution in [0.2, 0.25) is 0 Å². The summed E-state index contributed by atoms with van der Waals surface area (Å²) < 4.78 is 32.7. The lowest BCUT2D eigenvalue weighted by Crippen LogP contribution is -2.08. The van der Waals surface area contributed by atoms with Gasteiger partial charge in [-0.25, -0.2) is 4.79 Å². The van der Waals surface area contributed by atoms with Crippen molar-refractivity contribution in [3.63, 3.8) is 0 Å². The molecule has 0 aromatic heterocycles. The maximum absolute atomic E-state index is 11.9. The maximum atomic E-state index is 11.9. The van der Waals surface area contributed by atoms with Crippen LogP contribution in [0.4, 0.5) is 14.5 Å². The van der Waals surface area contributed by atoms with Gasteiger partial charge in [-0.05, 0) is 25.1 Å². The van der Waals surface area contributed by atoms with Crippen molar-refractivity contribution in [1.82, 2.24) is 0 Å². The number of carbonyl (C=O) groups excluding carboxylic acids is 1. The summed E-state index contributed by atoms with van der Waals surface area (Å²) in [5.74, 6) is -0.721. The lowest BCUT2D eigenvalue weighted by molar-refractivity contribution is -0.0493. The Hall–Kier alpha value is -1.85. The number of hydrogen-bond donors (Lipinski definition) is 1. The van der Waals surface area contributed by atoms with Gasteiger partial charge in [0, 0.05) is 0 Å². The zero-order valence-corrected chi connectivity index (χ0v) is 8.57. The van der Waals surface area contributed by atoms with Crippen molar-refractivity contribution < 1.29 is 23.0 Å². The van der Waals surface area contributed by atoms with Crippen molar-refractivity contribution in [2.45, 2.75) is 13.5 Å². The number of carbonyl (C=O) groups is 1. The van der Waals surface area contributed by atoms with Crippen LogP contribution in [0, 0.1) is 0 Å². The van der Waals surface area contributed by atoms with Gasteiger partial charge in [-0.15, -0.1) is 0 Å². The summed E-state index contributed by atoms with van der Waals surface area (Å²) in [5.41, 5.74) is 5.60. The smallest absolute Gasteiger partial charge is 0.387 e. The minimum atomic E-state index is -2.95. The van der Waals surface area contributed by atoms with E-state index in [0.29, 0.717) is 0 Å². The molecule has 0 saturated carbocycles. The number of hydrogen-bond acceptors (Lipinski definition) is 4. The van der Waals surface area contributed by atoms with Crippen LogP contribution in [0.3, 0.4) is 0 Å². The molecule has 0 spiro atoms. The van der Waals surface area contributed by atoms with Crippen molar-refractivity contribution in [2.75, 3.05) is 12.3 Å². The standard InChI is InChI=1S/C10H11F2NO3/c1-2-15-9(14)6-3-4-8(7(13)5-6)16-10(11)12/h3-5,10H,2,13H2,1H3. The molecule has 0 amide bonds. The summed E-state index contributed by atoms with van der Waals surface area (Å²) in [5, 5.41) is 0. The summed E-state index contributed by atoms with van der Waals surface area (Å²) in [6, 6.07) is 3.75. The molecular weight excluding hydrogens is 220 g/mol. The number of esters is 1. The number of halogens is 2. The van der Waals surface area contributed by atoms with Crippen molar-refractivity contribution >= 4 is 11.7 Å². The SMILES string of the molecule is CCOC(=O)c1ccc(OC(F)F)c(N)c1. The van der Waals surface area contributed by atoms with Crippen LogP contribution in [0.25, 0.3) is 0 Å². The van der Waals surface area contributed by atoms with Gasteiger partial charge < -0.3 is 15.2 Å². The first-order valence-electron chi connectivity index (χ1n) is 4.56. The van der Waals surface area contributed by atoms with Crippen molar-refractivity contribution in [2.24, 2.45) is 0 Å². The highest BCUT2D eigenvalue weighted by Crippen LogP contribution is 2.24. The zero-order chi connectivity index (χ0) is 12.1. The highest BCUT2D eigenvalue weighted by molar-refractivity contribution is 5.91. The minimum Gasteiger partial charge on any atom is -0.462 e. The first-order valence-corrected chi connectivity index (χ1v) is 4.56. The van der Waals surface area contributed by atoms with E-state index in [-0.39, 0.29) is 23.6 Å². The number of benzene rings is 1. The molecule has 0 atom stereocenters. The van der Waals surface area contributed by atoms with Crippen LogP contribution >= 0.6 is 0 Å². The van der Waals surface area contributed by atoms with Gasteiger partial charge in [-0.1, -0.05) is 0 Å². The quantitative estimate of drug-likeness (QED) is 0.636. The van der Waals surface area contributed by atoms with E-state index in [1.54, 1.807) is 6.92 Å². The Balaban J connectivity index is 2.86. The Kier molecular flexibility index (Phi) is 4.04. The minimum absolute atomic E-state index is 0.0362. The van der Waals surface area contributed by atoms with Gasteiger partial charge in [0.15, 0.2) is 0 Å². The fourth-order valence-corrected chi connectivity index (χ4v) is 1.09. The Bertz CT molecular complexity index is 382. The second-order valence-corrected chi connectivity index (χ2v) is 2.85. The van der Waals surface area contributed by atoms with Crippen LogP contribution < -0.4 is 10.5 Å². The maximum Gasteiger partial charge on any atom is 0.387 e. The first kappa shape index (κ1) is 12.2. The highest BCUT2D eigenvalue weighted by Gasteiger charge is 2.12. The molecule has 1 rings (SSSR count). The molecule has 0 bridgehead atoms. The molecule has 0 saturated heterocycles. The van der Waals surface area contributed by atoms with Gasteiger partial charge >= 0.3 is 12.6 Å². The van der Waals surface area contributed by atoms with Crippen molar-refractivity contribution in [3.8, 4) is 5.75 Å². The number of rotatable bonds is 4. The van der Waals surface area contributed by atoms with Gasteiger partial charge in [0.2, 0.25) is 0 Å². The molecule has 0 radical (unpaired) electrons. The monoisotopic (exact) mass is 231 g/mol. The van der Waals surface area contributed by atoms with Crippen LogP contribution in [0.15, 0.2) is 18.2 Å². The molecule has 1 aromatic rings. The van der Waals surface area contributed by atoms with Gasteiger partial charge in [-0.3, -0.25) is 0 Å². The van der Waals surface area contributed by atoms with E-state index >= 15 is 0 Å². The third kappa shape index (κ3) is 3.08. The van der Waals surface area contributed by atoms with Crippen LogP contribution in [-0.2, 0) is 4.74 Å². The van der Waals surface area contributed by atoms with Crippen LogP contribution in [0.5, 0.6) is 5.75 Å². The summed E-state index contributed by atoms with van der Waals surface area (Å²) >= 11 is 0.